The van der Waals surface area contributed by atoms with Gasteiger partial charge in [0.15, 0.2) is 0 Å². The third-order valence-electron chi connectivity index (χ3n) is 4.59. The summed E-state index contributed by atoms with van der Waals surface area (Å²) in [5, 5.41) is 11.8. The zero-order valence-electron chi connectivity index (χ0n) is 12.5. The fraction of sp³-hybridized carbons (Fsp3) is 0.625. The van der Waals surface area contributed by atoms with Crippen LogP contribution in [0.4, 0.5) is 0 Å². The van der Waals surface area contributed by atoms with Crippen LogP contribution in [0.1, 0.15) is 66.5 Å². The fourth-order valence-electron chi connectivity index (χ4n) is 3.25. The van der Waals surface area contributed by atoms with E-state index in [1.54, 1.807) is 0 Å². The first-order valence-electron chi connectivity index (χ1n) is 8.07. The zero-order valence-corrected chi connectivity index (χ0v) is 13.3. The van der Waals surface area contributed by atoms with Crippen molar-refractivity contribution in [2.75, 3.05) is 0 Å². The topological polar surface area (TPSA) is 42.7 Å². The zero-order chi connectivity index (χ0) is 14.2. The maximum Gasteiger partial charge on any atom is 0.0959 e. The van der Waals surface area contributed by atoms with Crippen molar-refractivity contribution in [3.8, 4) is 0 Å². The molecule has 1 atom stereocenters. The number of rotatable bonds is 5. The summed E-state index contributed by atoms with van der Waals surface area (Å²) in [6.45, 7) is 4.02. The van der Waals surface area contributed by atoms with Gasteiger partial charge in [-0.1, -0.05) is 0 Å². The van der Waals surface area contributed by atoms with Crippen LogP contribution < -0.4 is 5.32 Å². The average molecular weight is 302 g/mol. The Balaban J connectivity index is 1.44. The summed E-state index contributed by atoms with van der Waals surface area (Å²) in [6.07, 6.45) is 8.37. The number of nitrogens with zero attached hydrogens (tertiary/aromatic N) is 3. The van der Waals surface area contributed by atoms with Gasteiger partial charge >= 0.3 is 0 Å². The molecule has 0 bridgehead atoms. The molecular weight excluding hydrogens is 280 g/mol. The van der Waals surface area contributed by atoms with Gasteiger partial charge in [-0.15, -0.1) is 11.3 Å². The van der Waals surface area contributed by atoms with Crippen LogP contribution >= 0.6 is 11.3 Å². The van der Waals surface area contributed by atoms with E-state index in [4.69, 9.17) is 4.98 Å². The minimum absolute atomic E-state index is 0.445. The Labute approximate surface area is 129 Å². The lowest BCUT2D eigenvalue weighted by atomic mass is 9.93. The molecule has 0 unspecified atom stereocenters. The lowest BCUT2D eigenvalue weighted by Gasteiger charge is -2.23. The smallest absolute Gasteiger partial charge is 0.0959 e. The third-order valence-corrected chi connectivity index (χ3v) is 5.64. The van der Waals surface area contributed by atoms with Crippen molar-refractivity contribution in [2.24, 2.45) is 0 Å². The largest absolute Gasteiger partial charge is 0.304 e. The van der Waals surface area contributed by atoms with Crippen LogP contribution in [0.3, 0.4) is 0 Å². The normalized spacial score (nSPS) is 21.5. The lowest BCUT2D eigenvalue weighted by molar-refractivity contribution is 0.446. The first kappa shape index (κ1) is 13.5. The van der Waals surface area contributed by atoms with E-state index in [0.29, 0.717) is 6.04 Å². The van der Waals surface area contributed by atoms with Gasteiger partial charge in [0.25, 0.3) is 0 Å². The lowest BCUT2D eigenvalue weighted by Crippen LogP contribution is -2.25. The molecule has 0 spiro atoms. The summed E-state index contributed by atoms with van der Waals surface area (Å²) >= 11 is 1.83. The molecule has 0 aliphatic heterocycles. The number of thiazole rings is 1. The van der Waals surface area contributed by atoms with Gasteiger partial charge < -0.3 is 5.32 Å². The van der Waals surface area contributed by atoms with Crippen LogP contribution in [-0.4, -0.2) is 14.8 Å². The van der Waals surface area contributed by atoms with Gasteiger partial charge in [-0.05, 0) is 39.0 Å². The Morgan fingerprint density at radius 1 is 1.38 bits per heavy atom. The summed E-state index contributed by atoms with van der Waals surface area (Å²) in [7, 11) is 0. The molecular formula is C16H22N4S. The van der Waals surface area contributed by atoms with Crippen molar-refractivity contribution in [3.63, 3.8) is 0 Å². The number of fused-ring (bicyclic) bond motifs is 1. The molecule has 5 heteroatoms. The molecule has 2 aromatic rings. The van der Waals surface area contributed by atoms with Crippen molar-refractivity contribution in [1.82, 2.24) is 20.1 Å². The van der Waals surface area contributed by atoms with Gasteiger partial charge in [-0.3, -0.25) is 4.68 Å². The van der Waals surface area contributed by atoms with Crippen molar-refractivity contribution < 1.29 is 0 Å². The number of aromatic nitrogens is 3. The van der Waals surface area contributed by atoms with Gasteiger partial charge in [-0.2, -0.15) is 5.10 Å². The molecule has 4 rings (SSSR count). The molecule has 1 saturated carbocycles. The van der Waals surface area contributed by atoms with Crippen molar-refractivity contribution in [2.45, 2.75) is 64.1 Å². The van der Waals surface area contributed by atoms with Crippen LogP contribution in [0.25, 0.3) is 0 Å². The highest BCUT2D eigenvalue weighted by molar-refractivity contribution is 7.09. The van der Waals surface area contributed by atoms with E-state index in [9.17, 15) is 0 Å². The Morgan fingerprint density at radius 3 is 3.10 bits per heavy atom. The van der Waals surface area contributed by atoms with Crippen molar-refractivity contribution in [3.05, 3.63) is 33.5 Å². The Hall–Kier alpha value is -1.20. The third kappa shape index (κ3) is 2.64. The molecule has 112 valence electrons. The average Bonchev–Trinajstić information content (AvgIpc) is 3.11. The van der Waals surface area contributed by atoms with E-state index < -0.39 is 0 Å². The highest BCUT2D eigenvalue weighted by Gasteiger charge is 2.27. The Kier molecular flexibility index (Phi) is 3.55. The Bertz CT molecular complexity index is 626. The number of hydrogen-bond donors (Lipinski definition) is 1. The molecule has 21 heavy (non-hydrogen) atoms. The summed E-state index contributed by atoms with van der Waals surface area (Å²) in [5.41, 5.74) is 4.04. The summed E-state index contributed by atoms with van der Waals surface area (Å²) < 4.78 is 2.15. The summed E-state index contributed by atoms with van der Waals surface area (Å²) in [5.74, 6) is 0.771. The molecule has 2 aliphatic rings. The SMILES string of the molecule is CCn1ncc2c1CCC[C@@H]2NCc1csc(C2CC2)n1. The highest BCUT2D eigenvalue weighted by Crippen LogP contribution is 2.41. The second kappa shape index (κ2) is 5.54. The van der Waals surface area contributed by atoms with Crippen LogP contribution in [0, 0.1) is 0 Å². The van der Waals surface area contributed by atoms with Crippen molar-refractivity contribution >= 4 is 11.3 Å². The molecule has 2 aromatic heterocycles. The van der Waals surface area contributed by atoms with Crippen LogP contribution in [0.2, 0.25) is 0 Å². The Morgan fingerprint density at radius 2 is 2.29 bits per heavy atom. The monoisotopic (exact) mass is 302 g/mol. The number of hydrogen-bond acceptors (Lipinski definition) is 4. The van der Waals surface area contributed by atoms with E-state index in [2.05, 4.69) is 33.6 Å². The molecule has 0 saturated heterocycles. The second-order valence-corrected chi connectivity index (χ2v) is 7.03. The molecule has 2 aliphatic carbocycles. The standard InChI is InChI=1S/C16H22N4S/c1-2-20-15-5-3-4-14(13(15)9-18-20)17-8-12-10-21-16(19-12)11-6-7-11/h9-11,14,17H,2-8H2,1H3/t14-/m0/s1. The van der Waals surface area contributed by atoms with Gasteiger partial charge in [0.2, 0.25) is 0 Å². The van der Waals surface area contributed by atoms with Gasteiger partial charge in [0.1, 0.15) is 0 Å². The first-order valence-corrected chi connectivity index (χ1v) is 8.95. The molecule has 0 radical (unpaired) electrons. The van der Waals surface area contributed by atoms with Crippen LogP contribution in [0.5, 0.6) is 0 Å². The molecule has 0 amide bonds. The minimum atomic E-state index is 0.445. The minimum Gasteiger partial charge on any atom is -0.304 e. The van der Waals surface area contributed by atoms with Crippen LogP contribution in [-0.2, 0) is 19.5 Å². The van der Waals surface area contributed by atoms with E-state index in [1.807, 2.05) is 11.3 Å². The predicted molar refractivity (Wildman–Crippen MR) is 84.5 cm³/mol. The summed E-state index contributed by atoms with van der Waals surface area (Å²) in [6, 6.07) is 0.445. The molecule has 1 N–H and O–H groups in total. The quantitative estimate of drug-likeness (QED) is 0.920. The van der Waals surface area contributed by atoms with E-state index in [-0.39, 0.29) is 0 Å². The maximum atomic E-state index is 4.77. The summed E-state index contributed by atoms with van der Waals surface area (Å²) in [4.78, 5) is 4.77. The second-order valence-electron chi connectivity index (χ2n) is 6.14. The van der Waals surface area contributed by atoms with E-state index in [0.717, 1.165) is 19.0 Å². The predicted octanol–water partition coefficient (Wildman–Crippen LogP) is 3.40. The molecule has 4 nitrogen and oxygen atoms in total. The van der Waals surface area contributed by atoms with Gasteiger partial charge in [0.05, 0.1) is 16.9 Å². The highest BCUT2D eigenvalue weighted by atomic mass is 32.1. The van der Waals surface area contributed by atoms with Gasteiger partial charge in [0, 0.05) is 41.7 Å². The maximum absolute atomic E-state index is 4.77. The number of nitrogens with one attached hydrogen (secondary N) is 1. The van der Waals surface area contributed by atoms with E-state index in [1.165, 1.54) is 54.1 Å². The van der Waals surface area contributed by atoms with Crippen LogP contribution in [0.15, 0.2) is 11.6 Å². The van der Waals surface area contributed by atoms with Crippen molar-refractivity contribution in [1.29, 1.82) is 0 Å². The van der Waals surface area contributed by atoms with E-state index >= 15 is 0 Å². The first-order chi connectivity index (χ1) is 10.3. The molecule has 1 fully saturated rings. The number of aryl methyl sites for hydroxylation is 1. The molecule has 2 heterocycles. The van der Waals surface area contributed by atoms with Gasteiger partial charge in [-0.25, -0.2) is 4.98 Å². The molecule has 0 aromatic carbocycles. The fourth-order valence-corrected chi connectivity index (χ4v) is 4.24.